The average molecular weight is 497 g/mol. The molecule has 184 valence electrons. The summed E-state index contributed by atoms with van der Waals surface area (Å²) in [4.78, 5) is 11.2. The zero-order chi connectivity index (χ0) is 26.7. The van der Waals surface area contributed by atoms with Crippen LogP contribution in [-0.4, -0.2) is 5.97 Å². The van der Waals surface area contributed by atoms with Crippen LogP contribution in [0.2, 0.25) is 0 Å². The number of rotatable bonds is 8. The van der Waals surface area contributed by atoms with E-state index in [1.807, 2.05) is 48.5 Å². The number of carbonyl (C=O) groups excluding carboxylic acids is 1. The molecule has 1 saturated carbocycles. The second kappa shape index (κ2) is 12.5. The van der Waals surface area contributed by atoms with Gasteiger partial charge >= 0.3 is 5.97 Å². The topological polar surface area (TPSA) is 44.8 Å². The minimum Gasteiger partial charge on any atom is -0.457 e. The number of hydrogen-bond acceptors (Lipinski definition) is 4. The van der Waals surface area contributed by atoms with Gasteiger partial charge in [-0.15, -0.1) is 0 Å². The Labute approximate surface area is 222 Å². The maximum atomic E-state index is 11.2. The summed E-state index contributed by atoms with van der Waals surface area (Å²) >= 11 is 0. The monoisotopic (exact) mass is 496 g/mol. The number of ether oxygens (including phenoxy) is 3. The molecular formula is C34H24O4. The molecule has 0 N–H and O–H groups in total. The van der Waals surface area contributed by atoms with Gasteiger partial charge in [-0.25, -0.2) is 4.79 Å². The van der Waals surface area contributed by atoms with E-state index < -0.39 is 5.97 Å². The largest absolute Gasteiger partial charge is 0.457 e. The van der Waals surface area contributed by atoms with Gasteiger partial charge in [-0.3, -0.25) is 0 Å². The van der Waals surface area contributed by atoms with Crippen LogP contribution in [0, 0.1) is 23.7 Å². The van der Waals surface area contributed by atoms with E-state index in [9.17, 15) is 4.79 Å². The number of carbonyl (C=O) groups is 1. The summed E-state index contributed by atoms with van der Waals surface area (Å²) in [5.41, 5.74) is 6.58. The molecule has 1 aliphatic carbocycles. The zero-order valence-corrected chi connectivity index (χ0v) is 20.8. The summed E-state index contributed by atoms with van der Waals surface area (Å²) in [6.45, 7) is 10.6. The highest BCUT2D eigenvalue weighted by atomic mass is 16.5. The normalized spacial score (nSPS) is 10.8. The first-order chi connectivity index (χ1) is 18.6. The van der Waals surface area contributed by atoms with E-state index in [0.29, 0.717) is 17.3 Å². The summed E-state index contributed by atoms with van der Waals surface area (Å²) in [7, 11) is 0. The molecule has 0 radical (unpaired) electrons. The van der Waals surface area contributed by atoms with Crippen molar-refractivity contribution in [3.63, 3.8) is 0 Å². The first-order valence-corrected chi connectivity index (χ1v) is 11.8. The smallest absolute Gasteiger partial charge is 0.335 e. The molecule has 0 aliphatic heterocycles. The van der Waals surface area contributed by atoms with Crippen LogP contribution in [0.25, 0.3) is 5.76 Å². The van der Waals surface area contributed by atoms with Crippen molar-refractivity contribution in [2.75, 3.05) is 0 Å². The van der Waals surface area contributed by atoms with Crippen LogP contribution in [-0.2, 0) is 4.79 Å². The maximum Gasteiger partial charge on any atom is 0.335 e. The Kier molecular flexibility index (Phi) is 8.46. The fourth-order valence-corrected chi connectivity index (χ4v) is 3.27. The van der Waals surface area contributed by atoms with Crippen molar-refractivity contribution < 1.29 is 19.0 Å². The molecular weight excluding hydrogens is 472 g/mol. The van der Waals surface area contributed by atoms with E-state index in [1.54, 1.807) is 30.3 Å². The van der Waals surface area contributed by atoms with E-state index in [1.165, 1.54) is 5.57 Å². The van der Waals surface area contributed by atoms with E-state index >= 15 is 0 Å². The first-order valence-electron chi connectivity index (χ1n) is 11.8. The summed E-state index contributed by atoms with van der Waals surface area (Å²) in [5.74, 6) is 14.4. The quantitative estimate of drug-likeness (QED) is 0.0641. The van der Waals surface area contributed by atoms with Crippen LogP contribution >= 0.6 is 0 Å². The minimum atomic E-state index is -0.503. The van der Waals surface area contributed by atoms with Gasteiger partial charge in [0.15, 0.2) is 5.76 Å². The summed E-state index contributed by atoms with van der Waals surface area (Å²) in [5, 5.41) is 0. The molecule has 38 heavy (non-hydrogen) atoms. The predicted octanol–water partition coefficient (Wildman–Crippen LogP) is 7.00. The minimum absolute atomic E-state index is 0.435. The standard InChI is InChI=1S/C34H24O4/c1-4-29(5-2)36-30-21-23-32(24-22-30)38-34(28-17-18-28)27-15-11-25(12-16-27)9-7-8-10-26-13-19-31(20-14-26)37-33(35)6-3/h4,6,11-16,19-24H,1-3,17-18H2. The van der Waals surface area contributed by atoms with Crippen LogP contribution in [0.5, 0.6) is 17.2 Å². The Balaban J connectivity index is 1.39. The van der Waals surface area contributed by atoms with Gasteiger partial charge in [-0.2, -0.15) is 0 Å². The molecule has 0 atom stereocenters. The van der Waals surface area contributed by atoms with Gasteiger partial charge < -0.3 is 14.2 Å². The molecule has 0 spiro atoms. The van der Waals surface area contributed by atoms with Crippen molar-refractivity contribution >= 4 is 11.7 Å². The number of benzene rings is 3. The SMILES string of the molecule is C=C=C(C=C)Oc1ccc(OC(=C2CC2)c2ccc(C#CC#Cc3ccc(OC(=O)C=C)cc3)cc2)cc1. The van der Waals surface area contributed by atoms with Crippen molar-refractivity contribution in [1.29, 1.82) is 0 Å². The molecule has 0 aromatic heterocycles. The zero-order valence-electron chi connectivity index (χ0n) is 20.8. The van der Waals surface area contributed by atoms with E-state index in [0.717, 1.165) is 47.1 Å². The number of allylic oxidation sites excluding steroid dienone is 2. The molecule has 0 heterocycles. The molecule has 0 unspecified atom stereocenters. The third-order valence-corrected chi connectivity index (χ3v) is 5.31. The fraction of sp³-hybridized carbons (Fsp3) is 0.0588. The lowest BCUT2D eigenvalue weighted by Gasteiger charge is -2.11. The van der Waals surface area contributed by atoms with E-state index in [2.05, 4.69) is 49.1 Å². The second-order valence-corrected chi connectivity index (χ2v) is 8.08. The highest BCUT2D eigenvalue weighted by Crippen LogP contribution is 2.38. The van der Waals surface area contributed by atoms with Crippen molar-refractivity contribution in [3.8, 4) is 40.9 Å². The molecule has 0 saturated heterocycles. The summed E-state index contributed by atoms with van der Waals surface area (Å²) in [6, 6.07) is 22.2. The number of esters is 1. The maximum absolute atomic E-state index is 11.2. The van der Waals surface area contributed by atoms with Crippen molar-refractivity contribution in [2.45, 2.75) is 12.8 Å². The Morgan fingerprint density at radius 3 is 1.68 bits per heavy atom. The molecule has 0 bridgehead atoms. The Hall–Kier alpha value is -5.41. The van der Waals surface area contributed by atoms with Gasteiger partial charge in [-0.1, -0.05) is 49.4 Å². The lowest BCUT2D eigenvalue weighted by Crippen LogP contribution is -2.02. The highest BCUT2D eigenvalue weighted by Gasteiger charge is 2.21. The van der Waals surface area contributed by atoms with E-state index in [4.69, 9.17) is 14.2 Å². The first kappa shape index (κ1) is 25.7. The summed E-state index contributed by atoms with van der Waals surface area (Å²) < 4.78 is 16.9. The third-order valence-electron chi connectivity index (χ3n) is 5.31. The third kappa shape index (κ3) is 7.30. The highest BCUT2D eigenvalue weighted by molar-refractivity contribution is 5.83. The van der Waals surface area contributed by atoms with Crippen molar-refractivity contribution in [3.05, 3.63) is 138 Å². The molecule has 1 fully saturated rings. The molecule has 0 amide bonds. The fourth-order valence-electron chi connectivity index (χ4n) is 3.27. The van der Waals surface area contributed by atoms with Gasteiger partial charge in [0.2, 0.25) is 0 Å². The van der Waals surface area contributed by atoms with Gasteiger partial charge in [0, 0.05) is 22.8 Å². The molecule has 3 aromatic rings. The van der Waals surface area contributed by atoms with Crippen LogP contribution in [0.1, 0.15) is 29.5 Å². The van der Waals surface area contributed by atoms with Gasteiger partial charge in [0.25, 0.3) is 0 Å². The Morgan fingerprint density at radius 2 is 1.18 bits per heavy atom. The molecule has 3 aromatic carbocycles. The van der Waals surface area contributed by atoms with Crippen molar-refractivity contribution in [2.24, 2.45) is 0 Å². The van der Waals surface area contributed by atoms with E-state index in [-0.39, 0.29) is 0 Å². The van der Waals surface area contributed by atoms with Gasteiger partial charge in [0.05, 0.1) is 0 Å². The Morgan fingerprint density at radius 1 is 0.684 bits per heavy atom. The van der Waals surface area contributed by atoms with Gasteiger partial charge in [0.1, 0.15) is 23.0 Å². The Bertz CT molecular complexity index is 1550. The lowest BCUT2D eigenvalue weighted by molar-refractivity contribution is -0.128. The summed E-state index contributed by atoms with van der Waals surface area (Å²) in [6.07, 6.45) is 4.72. The molecule has 4 nitrogen and oxygen atoms in total. The van der Waals surface area contributed by atoms with Crippen molar-refractivity contribution in [1.82, 2.24) is 0 Å². The van der Waals surface area contributed by atoms with Crippen LogP contribution in [0.15, 0.2) is 122 Å². The molecule has 4 rings (SSSR count). The van der Waals surface area contributed by atoms with Gasteiger partial charge in [-0.05, 0) is 97.0 Å². The van der Waals surface area contributed by atoms with Crippen LogP contribution < -0.4 is 14.2 Å². The predicted molar refractivity (Wildman–Crippen MR) is 149 cm³/mol. The van der Waals surface area contributed by atoms with Crippen LogP contribution in [0.4, 0.5) is 0 Å². The second-order valence-electron chi connectivity index (χ2n) is 8.08. The van der Waals surface area contributed by atoms with Crippen LogP contribution in [0.3, 0.4) is 0 Å². The lowest BCUT2D eigenvalue weighted by atomic mass is 10.1. The molecule has 1 aliphatic rings. The number of hydrogen-bond donors (Lipinski definition) is 0. The molecule has 4 heteroatoms. The average Bonchev–Trinajstić information content (AvgIpc) is 3.80.